The van der Waals surface area contributed by atoms with Gasteiger partial charge in [0.05, 0.1) is 7.11 Å². The molecule has 2 nitrogen and oxygen atoms in total. The van der Waals surface area contributed by atoms with Crippen molar-refractivity contribution >= 4 is 21.9 Å². The second-order valence-electron chi connectivity index (χ2n) is 4.88. The molecule has 1 aromatic rings. The molecule has 0 aliphatic carbocycles. The molecule has 19 heavy (non-hydrogen) atoms. The summed E-state index contributed by atoms with van der Waals surface area (Å²) in [5, 5.41) is 0. The van der Waals surface area contributed by atoms with Gasteiger partial charge in [-0.15, -0.1) is 0 Å². The minimum absolute atomic E-state index is 0.106. The number of halogens is 1. The smallest absolute Gasteiger partial charge is 0.305 e. The highest BCUT2D eigenvalue weighted by atomic mass is 79.9. The summed E-state index contributed by atoms with van der Waals surface area (Å²) in [7, 11) is 1.44. The first-order valence-corrected chi connectivity index (χ1v) is 7.80. The largest absolute Gasteiger partial charge is 0.469 e. The normalized spacial score (nSPS) is 12.2. The molecule has 106 valence electrons. The Morgan fingerprint density at radius 3 is 2.68 bits per heavy atom. The molecule has 1 atom stereocenters. The van der Waals surface area contributed by atoms with E-state index in [0.717, 1.165) is 32.1 Å². The van der Waals surface area contributed by atoms with E-state index in [0.29, 0.717) is 11.2 Å². The van der Waals surface area contributed by atoms with Crippen LogP contribution in [-0.4, -0.2) is 17.9 Å². The Labute approximate surface area is 124 Å². The summed E-state index contributed by atoms with van der Waals surface area (Å²) in [5.74, 6) is -0.106. The summed E-state index contributed by atoms with van der Waals surface area (Å²) < 4.78 is 4.63. The third kappa shape index (κ3) is 6.76. The molecule has 0 aliphatic heterocycles. The summed E-state index contributed by atoms with van der Waals surface area (Å²) in [6, 6.07) is 8.54. The average molecular weight is 327 g/mol. The fraction of sp³-hybridized carbons (Fsp3) is 0.562. The van der Waals surface area contributed by atoms with Crippen molar-refractivity contribution in [1.29, 1.82) is 0 Å². The van der Waals surface area contributed by atoms with Gasteiger partial charge < -0.3 is 4.74 Å². The number of aryl methyl sites for hydroxylation is 2. The number of esters is 1. The van der Waals surface area contributed by atoms with Crippen molar-refractivity contribution in [3.8, 4) is 0 Å². The van der Waals surface area contributed by atoms with Gasteiger partial charge in [0, 0.05) is 11.2 Å². The van der Waals surface area contributed by atoms with Crippen LogP contribution >= 0.6 is 15.9 Å². The highest BCUT2D eigenvalue weighted by Gasteiger charge is 2.07. The molecule has 0 spiro atoms. The van der Waals surface area contributed by atoms with Gasteiger partial charge in [-0.25, -0.2) is 0 Å². The van der Waals surface area contributed by atoms with E-state index in [4.69, 9.17) is 0 Å². The minimum Gasteiger partial charge on any atom is -0.469 e. The van der Waals surface area contributed by atoms with Crippen molar-refractivity contribution < 1.29 is 9.53 Å². The van der Waals surface area contributed by atoms with E-state index in [1.54, 1.807) is 0 Å². The van der Waals surface area contributed by atoms with Crippen LogP contribution in [0.1, 0.15) is 43.2 Å². The summed E-state index contributed by atoms with van der Waals surface area (Å²) in [6.45, 7) is 2.16. The molecule has 0 bridgehead atoms. The van der Waals surface area contributed by atoms with Crippen LogP contribution in [0.4, 0.5) is 0 Å². The Bertz CT molecular complexity index is 390. The second-order valence-corrected chi connectivity index (χ2v) is 6.18. The van der Waals surface area contributed by atoms with Crippen LogP contribution in [0.3, 0.4) is 0 Å². The Kier molecular flexibility index (Phi) is 7.80. The lowest BCUT2D eigenvalue weighted by molar-refractivity contribution is -0.140. The predicted octanol–water partition coefficient (Wildman–Crippen LogP) is 4.42. The Morgan fingerprint density at radius 1 is 1.26 bits per heavy atom. The number of unbranched alkanes of at least 4 members (excludes halogenated alkanes) is 1. The molecule has 1 rings (SSSR count). The maximum absolute atomic E-state index is 11.0. The summed E-state index contributed by atoms with van der Waals surface area (Å²) in [4.78, 5) is 11.5. The molecule has 0 saturated carbocycles. The zero-order chi connectivity index (χ0) is 14.1. The molecule has 0 aromatic heterocycles. The third-order valence-electron chi connectivity index (χ3n) is 3.36. The fourth-order valence-electron chi connectivity index (χ4n) is 2.08. The van der Waals surface area contributed by atoms with Crippen LogP contribution in [0.25, 0.3) is 0 Å². The fourth-order valence-corrected chi connectivity index (χ4v) is 2.64. The van der Waals surface area contributed by atoms with Gasteiger partial charge in [0.1, 0.15) is 0 Å². The lowest BCUT2D eigenvalue weighted by atomic mass is 10.0. The number of carbonyl (C=O) groups is 1. The van der Waals surface area contributed by atoms with Crippen molar-refractivity contribution in [3.63, 3.8) is 0 Å². The van der Waals surface area contributed by atoms with Gasteiger partial charge in [-0.1, -0.05) is 46.6 Å². The monoisotopic (exact) mass is 326 g/mol. The predicted molar refractivity (Wildman–Crippen MR) is 82.7 cm³/mol. The molecule has 0 radical (unpaired) electrons. The van der Waals surface area contributed by atoms with E-state index in [1.165, 1.54) is 18.2 Å². The molecule has 1 unspecified atom stereocenters. The van der Waals surface area contributed by atoms with E-state index in [1.807, 2.05) is 0 Å². The van der Waals surface area contributed by atoms with Crippen LogP contribution in [0, 0.1) is 6.92 Å². The van der Waals surface area contributed by atoms with Crippen LogP contribution in [-0.2, 0) is 16.0 Å². The van der Waals surface area contributed by atoms with Crippen molar-refractivity contribution in [2.45, 2.75) is 50.3 Å². The van der Waals surface area contributed by atoms with E-state index in [-0.39, 0.29) is 5.97 Å². The van der Waals surface area contributed by atoms with Crippen molar-refractivity contribution in [2.75, 3.05) is 7.11 Å². The number of hydrogen-bond acceptors (Lipinski definition) is 2. The first-order valence-electron chi connectivity index (χ1n) is 6.89. The van der Waals surface area contributed by atoms with Gasteiger partial charge in [0.25, 0.3) is 0 Å². The van der Waals surface area contributed by atoms with Crippen LogP contribution < -0.4 is 0 Å². The SMILES string of the molecule is COC(=O)CCCCC(Br)CCc1ccccc1C. The third-order valence-corrected chi connectivity index (χ3v) is 4.28. The molecule has 0 saturated heterocycles. The maximum atomic E-state index is 11.0. The molecule has 0 aliphatic rings. The number of alkyl halides is 1. The summed E-state index contributed by atoms with van der Waals surface area (Å²) >= 11 is 3.73. The minimum atomic E-state index is -0.106. The van der Waals surface area contributed by atoms with Crippen LogP contribution in [0.5, 0.6) is 0 Å². The highest BCUT2D eigenvalue weighted by Crippen LogP contribution is 2.19. The summed E-state index contributed by atoms with van der Waals surface area (Å²) in [6.07, 6.45) is 5.89. The molecule has 0 amide bonds. The number of ether oxygens (including phenoxy) is 1. The molecule has 0 N–H and O–H groups in total. The van der Waals surface area contributed by atoms with Crippen molar-refractivity contribution in [2.24, 2.45) is 0 Å². The quantitative estimate of drug-likeness (QED) is 0.401. The van der Waals surface area contributed by atoms with E-state index in [2.05, 4.69) is 51.9 Å². The average Bonchev–Trinajstić information content (AvgIpc) is 2.42. The topological polar surface area (TPSA) is 26.3 Å². The Hall–Kier alpha value is -0.830. The lowest BCUT2D eigenvalue weighted by Crippen LogP contribution is -2.03. The lowest BCUT2D eigenvalue weighted by Gasteiger charge is -2.10. The van der Waals surface area contributed by atoms with E-state index < -0.39 is 0 Å². The number of rotatable bonds is 8. The van der Waals surface area contributed by atoms with Crippen LogP contribution in [0.15, 0.2) is 24.3 Å². The van der Waals surface area contributed by atoms with Crippen molar-refractivity contribution in [1.82, 2.24) is 0 Å². The zero-order valence-electron chi connectivity index (χ0n) is 11.8. The molecule has 3 heteroatoms. The number of hydrogen-bond donors (Lipinski definition) is 0. The van der Waals surface area contributed by atoms with E-state index in [9.17, 15) is 4.79 Å². The molecular weight excluding hydrogens is 304 g/mol. The Balaban J connectivity index is 2.16. The molecular formula is C16H23BrO2. The second kappa shape index (κ2) is 9.13. The molecule has 0 heterocycles. The zero-order valence-corrected chi connectivity index (χ0v) is 13.4. The number of carbonyl (C=O) groups excluding carboxylic acids is 1. The first kappa shape index (κ1) is 16.2. The standard InChI is InChI=1S/C16H23BrO2/c1-13-7-3-4-8-14(13)11-12-15(17)9-5-6-10-16(18)19-2/h3-4,7-8,15H,5-6,9-12H2,1-2H3. The van der Waals surface area contributed by atoms with Crippen molar-refractivity contribution in [3.05, 3.63) is 35.4 Å². The number of benzene rings is 1. The van der Waals surface area contributed by atoms with Gasteiger partial charge in [-0.2, -0.15) is 0 Å². The molecule has 0 fully saturated rings. The maximum Gasteiger partial charge on any atom is 0.305 e. The van der Waals surface area contributed by atoms with Gasteiger partial charge in [0.15, 0.2) is 0 Å². The first-order chi connectivity index (χ1) is 9.13. The highest BCUT2D eigenvalue weighted by molar-refractivity contribution is 9.09. The van der Waals surface area contributed by atoms with Gasteiger partial charge in [-0.05, 0) is 43.7 Å². The van der Waals surface area contributed by atoms with Gasteiger partial charge in [-0.3, -0.25) is 4.79 Å². The summed E-state index contributed by atoms with van der Waals surface area (Å²) in [5.41, 5.74) is 2.80. The number of methoxy groups -OCH3 is 1. The van der Waals surface area contributed by atoms with Gasteiger partial charge >= 0.3 is 5.97 Å². The van der Waals surface area contributed by atoms with E-state index >= 15 is 0 Å². The molecule has 1 aromatic carbocycles. The van der Waals surface area contributed by atoms with Crippen LogP contribution in [0.2, 0.25) is 0 Å². The van der Waals surface area contributed by atoms with Gasteiger partial charge in [0.2, 0.25) is 0 Å². The Morgan fingerprint density at radius 2 is 2.00 bits per heavy atom.